The standard InChI is InChI=1S/C12H23N5S/c1-12(2,3)13-8-11-14-15-16-17(11)9-10-6-4-5-7-18-10/h10,13H,4-9H2,1-3H3. The van der Waals surface area contributed by atoms with Crippen LogP contribution in [0.1, 0.15) is 45.9 Å². The highest BCUT2D eigenvalue weighted by Gasteiger charge is 2.18. The maximum absolute atomic E-state index is 4.11. The van der Waals surface area contributed by atoms with Crippen molar-refractivity contribution in [2.75, 3.05) is 5.75 Å². The molecular formula is C12H23N5S. The lowest BCUT2D eigenvalue weighted by Crippen LogP contribution is -2.36. The van der Waals surface area contributed by atoms with Crippen LogP contribution >= 0.6 is 11.8 Å². The first-order valence-corrected chi connectivity index (χ1v) is 7.71. The number of hydrogen-bond acceptors (Lipinski definition) is 5. The Morgan fingerprint density at radius 3 is 2.89 bits per heavy atom. The minimum absolute atomic E-state index is 0.0936. The molecule has 2 heterocycles. The SMILES string of the molecule is CC(C)(C)NCc1nnnn1CC1CCCCS1. The van der Waals surface area contributed by atoms with E-state index < -0.39 is 0 Å². The molecule has 102 valence electrons. The molecule has 1 aromatic heterocycles. The number of tetrazole rings is 1. The molecule has 0 amide bonds. The zero-order valence-corrected chi connectivity index (χ0v) is 12.3. The lowest BCUT2D eigenvalue weighted by Gasteiger charge is -2.22. The molecule has 5 nitrogen and oxygen atoms in total. The predicted octanol–water partition coefficient (Wildman–Crippen LogP) is 1.85. The normalized spacial score (nSPS) is 21.2. The van der Waals surface area contributed by atoms with E-state index in [4.69, 9.17) is 0 Å². The topological polar surface area (TPSA) is 55.6 Å². The van der Waals surface area contributed by atoms with Gasteiger partial charge in [-0.1, -0.05) is 6.42 Å². The van der Waals surface area contributed by atoms with Crippen molar-refractivity contribution < 1.29 is 0 Å². The van der Waals surface area contributed by atoms with Gasteiger partial charge in [-0.15, -0.1) is 5.10 Å². The Balaban J connectivity index is 1.90. The van der Waals surface area contributed by atoms with Crippen LogP contribution in [0.2, 0.25) is 0 Å². The average Bonchev–Trinajstić information content (AvgIpc) is 2.74. The van der Waals surface area contributed by atoms with Gasteiger partial charge in [0.25, 0.3) is 0 Å². The number of aromatic nitrogens is 4. The fraction of sp³-hybridized carbons (Fsp3) is 0.917. The second-order valence-electron chi connectivity index (χ2n) is 5.87. The zero-order chi connectivity index (χ0) is 13.0. The van der Waals surface area contributed by atoms with Gasteiger partial charge in [0.15, 0.2) is 5.82 Å². The Morgan fingerprint density at radius 2 is 2.22 bits per heavy atom. The van der Waals surface area contributed by atoms with Gasteiger partial charge in [0.05, 0.1) is 13.1 Å². The highest BCUT2D eigenvalue weighted by molar-refractivity contribution is 7.99. The second kappa shape index (κ2) is 6.02. The van der Waals surface area contributed by atoms with Gasteiger partial charge in [0.1, 0.15) is 0 Å². The molecular weight excluding hydrogens is 246 g/mol. The van der Waals surface area contributed by atoms with Crippen molar-refractivity contribution in [1.29, 1.82) is 0 Å². The molecule has 1 atom stereocenters. The summed E-state index contributed by atoms with van der Waals surface area (Å²) in [6.07, 6.45) is 3.99. The van der Waals surface area contributed by atoms with E-state index in [0.717, 1.165) is 18.9 Å². The lowest BCUT2D eigenvalue weighted by atomic mass is 10.1. The number of thioether (sulfide) groups is 1. The van der Waals surface area contributed by atoms with E-state index in [0.29, 0.717) is 5.25 Å². The van der Waals surface area contributed by atoms with E-state index in [1.165, 1.54) is 25.0 Å². The van der Waals surface area contributed by atoms with E-state index in [1.807, 2.05) is 4.68 Å². The summed E-state index contributed by atoms with van der Waals surface area (Å²) in [7, 11) is 0. The van der Waals surface area contributed by atoms with Crippen LogP contribution < -0.4 is 5.32 Å². The number of hydrogen-bond donors (Lipinski definition) is 1. The van der Waals surface area contributed by atoms with E-state index in [2.05, 4.69) is 53.4 Å². The fourth-order valence-corrected chi connectivity index (χ4v) is 3.26. The molecule has 0 saturated carbocycles. The van der Waals surface area contributed by atoms with Gasteiger partial charge in [0.2, 0.25) is 0 Å². The van der Waals surface area contributed by atoms with E-state index in [9.17, 15) is 0 Å². The molecule has 0 radical (unpaired) electrons. The van der Waals surface area contributed by atoms with E-state index >= 15 is 0 Å². The largest absolute Gasteiger partial charge is 0.305 e. The molecule has 18 heavy (non-hydrogen) atoms. The third-order valence-electron chi connectivity index (χ3n) is 3.03. The smallest absolute Gasteiger partial charge is 0.165 e. The molecule has 1 aliphatic heterocycles. The quantitative estimate of drug-likeness (QED) is 0.904. The Bertz CT molecular complexity index is 365. The van der Waals surface area contributed by atoms with Gasteiger partial charge in [-0.25, -0.2) is 4.68 Å². The maximum Gasteiger partial charge on any atom is 0.165 e. The Morgan fingerprint density at radius 1 is 1.39 bits per heavy atom. The van der Waals surface area contributed by atoms with Crippen LogP contribution in [0, 0.1) is 0 Å². The second-order valence-corrected chi connectivity index (χ2v) is 7.28. The molecule has 0 bridgehead atoms. The van der Waals surface area contributed by atoms with Crippen molar-refractivity contribution in [3.8, 4) is 0 Å². The minimum Gasteiger partial charge on any atom is -0.305 e. The van der Waals surface area contributed by atoms with Crippen LogP contribution in [0.5, 0.6) is 0 Å². The first-order chi connectivity index (χ1) is 8.54. The van der Waals surface area contributed by atoms with Crippen molar-refractivity contribution in [1.82, 2.24) is 25.5 Å². The fourth-order valence-electron chi connectivity index (χ4n) is 1.98. The first-order valence-electron chi connectivity index (χ1n) is 6.66. The molecule has 1 fully saturated rings. The third kappa shape index (κ3) is 4.24. The van der Waals surface area contributed by atoms with Gasteiger partial charge in [-0.3, -0.25) is 0 Å². The molecule has 6 heteroatoms. The summed E-state index contributed by atoms with van der Waals surface area (Å²) in [5.41, 5.74) is 0.0936. The van der Waals surface area contributed by atoms with Crippen LogP contribution in [0.3, 0.4) is 0 Å². The molecule has 0 spiro atoms. The Kier molecular flexibility index (Phi) is 4.61. The van der Waals surface area contributed by atoms with E-state index in [-0.39, 0.29) is 5.54 Å². The third-order valence-corrected chi connectivity index (χ3v) is 4.41. The van der Waals surface area contributed by atoms with Crippen molar-refractivity contribution in [2.24, 2.45) is 0 Å². The summed E-state index contributed by atoms with van der Waals surface area (Å²) >= 11 is 2.06. The monoisotopic (exact) mass is 269 g/mol. The summed E-state index contributed by atoms with van der Waals surface area (Å²) in [4.78, 5) is 0. The summed E-state index contributed by atoms with van der Waals surface area (Å²) in [5.74, 6) is 2.22. The van der Waals surface area contributed by atoms with Crippen molar-refractivity contribution in [3.05, 3.63) is 5.82 Å². The number of rotatable bonds is 4. The minimum atomic E-state index is 0.0936. The van der Waals surface area contributed by atoms with Gasteiger partial charge >= 0.3 is 0 Å². The Labute approximate surface area is 113 Å². The van der Waals surface area contributed by atoms with Gasteiger partial charge < -0.3 is 5.32 Å². The molecule has 1 saturated heterocycles. The van der Waals surface area contributed by atoms with Gasteiger partial charge in [-0.05, 0) is 49.8 Å². The summed E-state index contributed by atoms with van der Waals surface area (Å²) in [6.45, 7) is 8.13. The Hall–Kier alpha value is -0.620. The van der Waals surface area contributed by atoms with Crippen LogP contribution in [0.4, 0.5) is 0 Å². The van der Waals surface area contributed by atoms with Crippen LogP contribution in [0.25, 0.3) is 0 Å². The maximum atomic E-state index is 4.11. The molecule has 2 rings (SSSR count). The molecule has 1 aromatic rings. The molecule has 1 N–H and O–H groups in total. The van der Waals surface area contributed by atoms with Gasteiger partial charge in [-0.2, -0.15) is 11.8 Å². The van der Waals surface area contributed by atoms with Crippen molar-refractivity contribution >= 4 is 11.8 Å². The highest BCUT2D eigenvalue weighted by Crippen LogP contribution is 2.26. The zero-order valence-electron chi connectivity index (χ0n) is 11.5. The van der Waals surface area contributed by atoms with Crippen molar-refractivity contribution in [2.45, 2.75) is 63.9 Å². The summed E-state index contributed by atoms with van der Waals surface area (Å²) in [5, 5.41) is 16.1. The van der Waals surface area contributed by atoms with E-state index in [1.54, 1.807) is 0 Å². The van der Waals surface area contributed by atoms with Crippen LogP contribution in [-0.4, -0.2) is 36.7 Å². The van der Waals surface area contributed by atoms with Gasteiger partial charge in [0, 0.05) is 10.8 Å². The highest BCUT2D eigenvalue weighted by atomic mass is 32.2. The predicted molar refractivity (Wildman–Crippen MR) is 74.5 cm³/mol. The summed E-state index contributed by atoms with van der Waals surface area (Å²) < 4.78 is 1.96. The number of nitrogens with zero attached hydrogens (tertiary/aromatic N) is 4. The number of nitrogens with one attached hydrogen (secondary N) is 1. The molecule has 1 aliphatic rings. The van der Waals surface area contributed by atoms with Crippen molar-refractivity contribution in [3.63, 3.8) is 0 Å². The summed E-state index contributed by atoms with van der Waals surface area (Å²) in [6, 6.07) is 0. The van der Waals surface area contributed by atoms with Crippen LogP contribution in [-0.2, 0) is 13.1 Å². The average molecular weight is 269 g/mol. The lowest BCUT2D eigenvalue weighted by molar-refractivity contribution is 0.405. The molecule has 1 unspecified atom stereocenters. The van der Waals surface area contributed by atoms with Crippen LogP contribution in [0.15, 0.2) is 0 Å². The first kappa shape index (κ1) is 13.8. The molecule has 0 aliphatic carbocycles. The molecule has 0 aromatic carbocycles.